The summed E-state index contributed by atoms with van der Waals surface area (Å²) in [5.41, 5.74) is 0.217. The van der Waals surface area contributed by atoms with Crippen LogP contribution in [-0.4, -0.2) is 48.8 Å². The van der Waals surface area contributed by atoms with Gasteiger partial charge in [-0.2, -0.15) is 4.31 Å². The Bertz CT molecular complexity index is 706. The van der Waals surface area contributed by atoms with Crippen molar-refractivity contribution in [3.63, 3.8) is 0 Å². The van der Waals surface area contributed by atoms with E-state index in [1.54, 1.807) is 0 Å². The molecule has 1 heterocycles. The van der Waals surface area contributed by atoms with E-state index in [0.717, 1.165) is 12.8 Å². The Hall–Kier alpha value is -1.93. The number of carboxylic acids is 1. The second-order valence-corrected chi connectivity index (χ2v) is 8.08. The zero-order chi connectivity index (χ0) is 17.9. The van der Waals surface area contributed by atoms with Crippen molar-refractivity contribution in [3.05, 3.63) is 29.8 Å². The van der Waals surface area contributed by atoms with Crippen molar-refractivity contribution in [2.75, 3.05) is 13.1 Å². The average Bonchev–Trinajstić information content (AvgIpc) is 2.55. The lowest BCUT2D eigenvalue weighted by Gasteiger charge is -2.29. The van der Waals surface area contributed by atoms with Gasteiger partial charge in [-0.1, -0.05) is 6.92 Å². The van der Waals surface area contributed by atoms with Crippen LogP contribution < -0.4 is 5.32 Å². The van der Waals surface area contributed by atoms with Gasteiger partial charge in [0, 0.05) is 18.7 Å². The first-order chi connectivity index (χ1) is 11.2. The van der Waals surface area contributed by atoms with Crippen LogP contribution in [-0.2, 0) is 14.8 Å². The number of hydrogen-bond acceptors (Lipinski definition) is 4. The third kappa shape index (κ3) is 4.12. The Balaban J connectivity index is 2.11. The molecule has 1 fully saturated rings. The first-order valence-electron chi connectivity index (χ1n) is 7.85. The summed E-state index contributed by atoms with van der Waals surface area (Å²) in [5, 5.41) is 11.1. The molecule has 2 N–H and O–H groups in total. The van der Waals surface area contributed by atoms with E-state index in [2.05, 4.69) is 12.2 Å². The summed E-state index contributed by atoms with van der Waals surface area (Å²) < 4.78 is 26.6. The second kappa shape index (κ2) is 7.31. The number of carbonyl (C=O) groups excluding carboxylic acids is 1. The molecule has 1 aromatic carbocycles. The Kier molecular flexibility index (Phi) is 5.61. The molecule has 1 amide bonds. The van der Waals surface area contributed by atoms with Gasteiger partial charge in [0.2, 0.25) is 10.0 Å². The molecule has 0 unspecified atom stereocenters. The molecule has 0 spiro atoms. The molecular formula is C16H22N2O5S. The fourth-order valence-electron chi connectivity index (χ4n) is 2.49. The molecule has 7 nitrogen and oxygen atoms in total. The fourth-order valence-corrected chi connectivity index (χ4v) is 3.96. The van der Waals surface area contributed by atoms with E-state index in [9.17, 15) is 18.0 Å². The highest BCUT2D eigenvalue weighted by Gasteiger charge is 2.28. The fraction of sp³-hybridized carbons (Fsp3) is 0.500. The molecule has 0 bridgehead atoms. The predicted molar refractivity (Wildman–Crippen MR) is 88.2 cm³/mol. The van der Waals surface area contributed by atoms with Gasteiger partial charge in [-0.15, -0.1) is 0 Å². The summed E-state index contributed by atoms with van der Waals surface area (Å²) in [6.07, 6.45) is 1.68. The van der Waals surface area contributed by atoms with Crippen molar-refractivity contribution in [1.29, 1.82) is 0 Å². The topological polar surface area (TPSA) is 104 Å². The van der Waals surface area contributed by atoms with Gasteiger partial charge in [0.15, 0.2) is 0 Å². The normalized spacial score (nSPS) is 18.1. The molecule has 0 radical (unpaired) electrons. The number of amides is 1. The van der Waals surface area contributed by atoms with Crippen molar-refractivity contribution in [2.24, 2.45) is 5.92 Å². The molecule has 24 heavy (non-hydrogen) atoms. The lowest BCUT2D eigenvalue weighted by atomic mass is 10.0. The maximum Gasteiger partial charge on any atom is 0.325 e. The van der Waals surface area contributed by atoms with Gasteiger partial charge in [-0.25, -0.2) is 8.42 Å². The molecule has 1 saturated heterocycles. The number of nitrogens with one attached hydrogen (secondary N) is 1. The van der Waals surface area contributed by atoms with Crippen LogP contribution in [0.4, 0.5) is 0 Å². The first kappa shape index (κ1) is 18.4. The summed E-state index contributed by atoms with van der Waals surface area (Å²) in [6, 6.07) is 4.53. The molecule has 0 aliphatic carbocycles. The third-order valence-corrected chi connectivity index (χ3v) is 6.13. The number of nitrogens with zero attached hydrogens (tertiary/aromatic N) is 1. The molecule has 8 heteroatoms. The van der Waals surface area contributed by atoms with Gasteiger partial charge < -0.3 is 10.4 Å². The van der Waals surface area contributed by atoms with Gasteiger partial charge in [-0.3, -0.25) is 9.59 Å². The van der Waals surface area contributed by atoms with Gasteiger partial charge in [0.25, 0.3) is 5.91 Å². The lowest BCUT2D eigenvalue weighted by Crippen LogP contribution is -2.38. The first-order valence-corrected chi connectivity index (χ1v) is 9.29. The van der Waals surface area contributed by atoms with E-state index in [1.807, 2.05) is 0 Å². The number of sulfonamides is 1. The number of benzene rings is 1. The van der Waals surface area contributed by atoms with Gasteiger partial charge in [0.05, 0.1) is 4.90 Å². The summed E-state index contributed by atoms with van der Waals surface area (Å²) in [4.78, 5) is 22.8. The molecule has 0 aromatic heterocycles. The highest BCUT2D eigenvalue weighted by molar-refractivity contribution is 7.89. The average molecular weight is 354 g/mol. The molecular weight excluding hydrogens is 332 g/mol. The minimum atomic E-state index is -3.56. The second-order valence-electron chi connectivity index (χ2n) is 6.14. The molecule has 2 rings (SSSR count). The van der Waals surface area contributed by atoms with Crippen LogP contribution in [0.5, 0.6) is 0 Å². The molecule has 1 aromatic rings. The largest absolute Gasteiger partial charge is 0.480 e. The van der Waals surface area contributed by atoms with E-state index >= 15 is 0 Å². The minimum absolute atomic E-state index is 0.139. The highest BCUT2D eigenvalue weighted by Crippen LogP contribution is 2.23. The Morgan fingerprint density at radius 2 is 1.75 bits per heavy atom. The van der Waals surface area contributed by atoms with Crippen LogP contribution in [0.25, 0.3) is 0 Å². The van der Waals surface area contributed by atoms with E-state index in [1.165, 1.54) is 35.5 Å². The van der Waals surface area contributed by atoms with Crippen LogP contribution in [0, 0.1) is 5.92 Å². The summed E-state index contributed by atoms with van der Waals surface area (Å²) in [6.45, 7) is 4.47. The molecule has 132 valence electrons. The highest BCUT2D eigenvalue weighted by atomic mass is 32.2. The van der Waals surface area contributed by atoms with Crippen LogP contribution >= 0.6 is 0 Å². The molecule has 1 aliphatic rings. The van der Waals surface area contributed by atoms with E-state index in [4.69, 9.17) is 5.11 Å². The predicted octanol–water partition coefficient (Wildman–Crippen LogP) is 1.31. The lowest BCUT2D eigenvalue weighted by molar-refractivity contribution is -0.138. The van der Waals surface area contributed by atoms with Crippen LogP contribution in [0.15, 0.2) is 29.2 Å². The van der Waals surface area contributed by atoms with Crippen molar-refractivity contribution in [2.45, 2.75) is 37.6 Å². The van der Waals surface area contributed by atoms with Crippen LogP contribution in [0.3, 0.4) is 0 Å². The monoisotopic (exact) mass is 354 g/mol. The van der Waals surface area contributed by atoms with E-state index in [-0.39, 0.29) is 10.5 Å². The Morgan fingerprint density at radius 1 is 1.21 bits per heavy atom. The number of carbonyl (C=O) groups is 2. The molecule has 0 saturated carbocycles. The van der Waals surface area contributed by atoms with Crippen LogP contribution in [0.2, 0.25) is 0 Å². The van der Waals surface area contributed by atoms with E-state index in [0.29, 0.717) is 19.0 Å². The smallest absolute Gasteiger partial charge is 0.325 e. The van der Waals surface area contributed by atoms with Crippen molar-refractivity contribution < 1.29 is 23.1 Å². The zero-order valence-corrected chi connectivity index (χ0v) is 14.5. The number of aliphatic carboxylic acids is 1. The van der Waals surface area contributed by atoms with Gasteiger partial charge in [-0.05, 0) is 49.9 Å². The van der Waals surface area contributed by atoms with Gasteiger partial charge >= 0.3 is 5.97 Å². The Labute approximate surface area is 141 Å². The van der Waals surface area contributed by atoms with Crippen LogP contribution in [0.1, 0.15) is 37.0 Å². The Morgan fingerprint density at radius 3 is 2.25 bits per heavy atom. The third-order valence-electron chi connectivity index (χ3n) is 4.21. The van der Waals surface area contributed by atoms with Crippen molar-refractivity contribution >= 4 is 21.9 Å². The summed E-state index contributed by atoms with van der Waals surface area (Å²) >= 11 is 0. The standard InChI is InChI=1S/C16H22N2O5S/c1-11-7-9-18(10-8-11)24(22,23)14-5-3-13(4-6-14)15(19)17-12(2)16(20)21/h3-6,11-12H,7-10H2,1-2H3,(H,17,19)(H,20,21)/t12-/m0/s1. The number of hydrogen-bond donors (Lipinski definition) is 2. The quantitative estimate of drug-likeness (QED) is 0.830. The van der Waals surface area contributed by atoms with E-state index < -0.39 is 27.9 Å². The van der Waals surface area contributed by atoms with Crippen molar-refractivity contribution in [1.82, 2.24) is 9.62 Å². The number of piperidine rings is 1. The maximum atomic E-state index is 12.6. The number of rotatable bonds is 5. The molecule has 1 aliphatic heterocycles. The maximum absolute atomic E-state index is 12.6. The SMILES string of the molecule is CC1CCN(S(=O)(=O)c2ccc(C(=O)N[C@@H](C)C(=O)O)cc2)CC1. The van der Waals surface area contributed by atoms with Gasteiger partial charge in [0.1, 0.15) is 6.04 Å². The summed E-state index contributed by atoms with van der Waals surface area (Å²) in [7, 11) is -3.56. The molecule has 1 atom stereocenters. The minimum Gasteiger partial charge on any atom is -0.480 e. The van der Waals surface area contributed by atoms with Crippen molar-refractivity contribution in [3.8, 4) is 0 Å². The zero-order valence-electron chi connectivity index (χ0n) is 13.7. The summed E-state index contributed by atoms with van der Waals surface area (Å²) in [5.74, 6) is -1.17. The number of carboxylic acid groups (broad SMARTS) is 1.